The van der Waals surface area contributed by atoms with Crippen LogP contribution < -0.4 is 10.6 Å². The van der Waals surface area contributed by atoms with Crippen LogP contribution in [0.4, 0.5) is 15.2 Å². The van der Waals surface area contributed by atoms with E-state index in [9.17, 15) is 4.39 Å². The van der Waals surface area contributed by atoms with Crippen LogP contribution in [0.3, 0.4) is 0 Å². The van der Waals surface area contributed by atoms with Crippen molar-refractivity contribution in [2.24, 2.45) is 5.73 Å². The molecule has 0 spiro atoms. The van der Waals surface area contributed by atoms with Crippen molar-refractivity contribution in [3.8, 4) is 0 Å². The Morgan fingerprint density at radius 3 is 3.12 bits per heavy atom. The Morgan fingerprint density at radius 2 is 2.35 bits per heavy atom. The summed E-state index contributed by atoms with van der Waals surface area (Å²) in [4.78, 5) is 6.49. The summed E-state index contributed by atoms with van der Waals surface area (Å²) in [6.07, 6.45) is 0.938. The number of anilines is 2. The van der Waals surface area contributed by atoms with Crippen molar-refractivity contribution in [2.75, 3.05) is 11.4 Å². The molecule has 0 bridgehead atoms. The van der Waals surface area contributed by atoms with Crippen LogP contribution in [0.1, 0.15) is 11.3 Å². The van der Waals surface area contributed by atoms with E-state index >= 15 is 0 Å². The van der Waals surface area contributed by atoms with Gasteiger partial charge in [-0.15, -0.1) is 11.3 Å². The maximum Gasteiger partial charge on any atom is 0.190 e. The van der Waals surface area contributed by atoms with Crippen molar-refractivity contribution >= 4 is 22.2 Å². The van der Waals surface area contributed by atoms with E-state index in [0.717, 1.165) is 29.5 Å². The lowest BCUT2D eigenvalue weighted by atomic mass is 10.2. The van der Waals surface area contributed by atoms with Crippen molar-refractivity contribution < 1.29 is 4.39 Å². The van der Waals surface area contributed by atoms with Crippen LogP contribution in [0.2, 0.25) is 0 Å². The van der Waals surface area contributed by atoms with Crippen LogP contribution in [0.25, 0.3) is 0 Å². The third kappa shape index (κ3) is 1.81. The number of benzene rings is 1. The predicted octanol–water partition coefficient (Wildman–Crippen LogP) is 2.44. The third-order valence-electron chi connectivity index (χ3n) is 2.92. The van der Waals surface area contributed by atoms with Crippen LogP contribution in [0, 0.1) is 5.82 Å². The number of hydrogen-bond donors (Lipinski definition) is 1. The number of fused-ring (bicyclic) bond motifs is 1. The highest BCUT2D eigenvalue weighted by Crippen LogP contribution is 2.36. The number of hydrogen-bond acceptors (Lipinski definition) is 4. The molecule has 1 aromatic heterocycles. The Kier molecular flexibility index (Phi) is 2.57. The summed E-state index contributed by atoms with van der Waals surface area (Å²) in [6, 6.07) is 4.93. The molecule has 0 saturated carbocycles. The molecule has 2 N–H and O–H groups in total. The number of thiazole rings is 1. The van der Waals surface area contributed by atoms with Gasteiger partial charge in [-0.3, -0.25) is 0 Å². The molecule has 2 heterocycles. The monoisotopic (exact) mass is 249 g/mol. The van der Waals surface area contributed by atoms with Gasteiger partial charge in [0, 0.05) is 24.2 Å². The molecule has 88 valence electrons. The highest BCUT2D eigenvalue weighted by atomic mass is 32.1. The van der Waals surface area contributed by atoms with E-state index in [1.54, 1.807) is 17.4 Å². The quantitative estimate of drug-likeness (QED) is 0.889. The highest BCUT2D eigenvalue weighted by molar-refractivity contribution is 7.13. The lowest BCUT2D eigenvalue weighted by Gasteiger charge is -2.15. The molecule has 0 radical (unpaired) electrons. The Balaban J connectivity index is 2.00. The molecular formula is C12H12FN3S. The molecule has 3 rings (SSSR count). The van der Waals surface area contributed by atoms with Crippen LogP contribution in [0.15, 0.2) is 23.6 Å². The topological polar surface area (TPSA) is 42.1 Å². The summed E-state index contributed by atoms with van der Waals surface area (Å²) >= 11 is 1.55. The molecule has 0 aliphatic carbocycles. The Hall–Kier alpha value is -1.46. The van der Waals surface area contributed by atoms with Gasteiger partial charge in [-0.05, 0) is 24.1 Å². The first-order valence-corrected chi connectivity index (χ1v) is 6.36. The van der Waals surface area contributed by atoms with E-state index in [1.807, 2.05) is 11.4 Å². The van der Waals surface area contributed by atoms with Gasteiger partial charge in [0.2, 0.25) is 0 Å². The number of nitrogens with two attached hydrogens (primary N) is 1. The number of halogens is 1. The summed E-state index contributed by atoms with van der Waals surface area (Å²) in [5.74, 6) is -0.203. The first-order valence-electron chi connectivity index (χ1n) is 5.48. The largest absolute Gasteiger partial charge is 0.325 e. The van der Waals surface area contributed by atoms with E-state index in [4.69, 9.17) is 5.73 Å². The van der Waals surface area contributed by atoms with Gasteiger partial charge in [0.25, 0.3) is 0 Å². The molecule has 0 unspecified atom stereocenters. The minimum absolute atomic E-state index is 0.203. The first kappa shape index (κ1) is 10.7. The fraction of sp³-hybridized carbons (Fsp3) is 0.250. The Bertz CT molecular complexity index is 552. The van der Waals surface area contributed by atoms with Crippen molar-refractivity contribution in [3.05, 3.63) is 40.7 Å². The third-order valence-corrected chi connectivity index (χ3v) is 3.83. The van der Waals surface area contributed by atoms with E-state index in [2.05, 4.69) is 9.88 Å². The lowest BCUT2D eigenvalue weighted by molar-refractivity contribution is 0.628. The van der Waals surface area contributed by atoms with Crippen LogP contribution in [-0.4, -0.2) is 11.5 Å². The lowest BCUT2D eigenvalue weighted by Crippen LogP contribution is -2.13. The maximum atomic E-state index is 13.3. The summed E-state index contributed by atoms with van der Waals surface area (Å²) in [5.41, 5.74) is 8.54. The smallest absolute Gasteiger partial charge is 0.190 e. The summed E-state index contributed by atoms with van der Waals surface area (Å²) in [6.45, 7) is 1.30. The second kappa shape index (κ2) is 4.09. The van der Waals surface area contributed by atoms with Gasteiger partial charge in [0.05, 0.1) is 5.69 Å². The molecule has 1 aromatic carbocycles. The number of nitrogens with zero attached hydrogens (tertiary/aromatic N) is 2. The molecule has 0 fully saturated rings. The van der Waals surface area contributed by atoms with Gasteiger partial charge < -0.3 is 10.6 Å². The first-order chi connectivity index (χ1) is 8.28. The minimum Gasteiger partial charge on any atom is -0.325 e. The molecule has 0 atom stereocenters. The molecule has 17 heavy (non-hydrogen) atoms. The van der Waals surface area contributed by atoms with E-state index in [0.29, 0.717) is 6.54 Å². The molecule has 1 aliphatic heterocycles. The molecule has 1 aliphatic rings. The maximum absolute atomic E-state index is 13.3. The fourth-order valence-corrected chi connectivity index (χ4v) is 2.94. The zero-order valence-electron chi connectivity index (χ0n) is 9.19. The average Bonchev–Trinajstić information content (AvgIpc) is 2.93. The van der Waals surface area contributed by atoms with Crippen LogP contribution in [0.5, 0.6) is 0 Å². The number of rotatable bonds is 2. The van der Waals surface area contributed by atoms with Crippen LogP contribution in [-0.2, 0) is 13.0 Å². The molecule has 5 heteroatoms. The van der Waals surface area contributed by atoms with Gasteiger partial charge >= 0.3 is 0 Å². The zero-order chi connectivity index (χ0) is 11.8. The van der Waals surface area contributed by atoms with Crippen molar-refractivity contribution in [1.29, 1.82) is 0 Å². The Morgan fingerprint density at radius 1 is 1.47 bits per heavy atom. The SMILES string of the molecule is NCc1csc(N2CCc3ccc(F)cc32)n1. The second-order valence-electron chi connectivity index (χ2n) is 4.00. The van der Waals surface area contributed by atoms with Gasteiger partial charge in [0.1, 0.15) is 5.82 Å². The summed E-state index contributed by atoms with van der Waals surface area (Å²) in [5, 5.41) is 2.85. The van der Waals surface area contributed by atoms with E-state index in [1.165, 1.54) is 11.6 Å². The minimum atomic E-state index is -0.203. The van der Waals surface area contributed by atoms with E-state index < -0.39 is 0 Å². The second-order valence-corrected chi connectivity index (χ2v) is 4.84. The normalized spacial score (nSPS) is 14.1. The predicted molar refractivity (Wildman–Crippen MR) is 67.1 cm³/mol. The molecular weight excluding hydrogens is 237 g/mol. The molecule has 3 nitrogen and oxygen atoms in total. The van der Waals surface area contributed by atoms with Crippen molar-refractivity contribution in [1.82, 2.24) is 4.98 Å². The molecule has 0 amide bonds. The highest BCUT2D eigenvalue weighted by Gasteiger charge is 2.22. The molecule has 2 aromatic rings. The van der Waals surface area contributed by atoms with Crippen LogP contribution >= 0.6 is 11.3 Å². The van der Waals surface area contributed by atoms with Gasteiger partial charge in [-0.25, -0.2) is 9.37 Å². The van der Waals surface area contributed by atoms with Gasteiger partial charge in [-0.1, -0.05) is 6.07 Å². The van der Waals surface area contributed by atoms with Gasteiger partial charge in [-0.2, -0.15) is 0 Å². The van der Waals surface area contributed by atoms with E-state index in [-0.39, 0.29) is 5.82 Å². The standard InChI is InChI=1S/C12H12FN3S/c13-9-2-1-8-3-4-16(11(8)5-9)12-15-10(6-14)7-17-12/h1-2,5,7H,3-4,6,14H2. The fourth-order valence-electron chi connectivity index (χ4n) is 2.07. The Labute approximate surface area is 103 Å². The number of aromatic nitrogens is 1. The van der Waals surface area contributed by atoms with Crippen molar-refractivity contribution in [2.45, 2.75) is 13.0 Å². The average molecular weight is 249 g/mol. The zero-order valence-corrected chi connectivity index (χ0v) is 10.0. The summed E-state index contributed by atoms with van der Waals surface area (Å²) in [7, 11) is 0. The van der Waals surface area contributed by atoms with Gasteiger partial charge in [0.15, 0.2) is 5.13 Å². The summed E-state index contributed by atoms with van der Waals surface area (Å²) < 4.78 is 13.3. The molecule has 0 saturated heterocycles. The van der Waals surface area contributed by atoms with Crippen molar-refractivity contribution in [3.63, 3.8) is 0 Å².